The molecular formula is C21H22N2O6. The highest BCUT2D eigenvalue weighted by Crippen LogP contribution is 2.29. The van der Waals surface area contributed by atoms with Crippen molar-refractivity contribution in [3.8, 4) is 17.2 Å². The zero-order valence-electron chi connectivity index (χ0n) is 16.6. The fourth-order valence-electron chi connectivity index (χ4n) is 2.47. The van der Waals surface area contributed by atoms with E-state index in [9.17, 15) is 14.4 Å². The van der Waals surface area contributed by atoms with Gasteiger partial charge in [0.2, 0.25) is 5.91 Å². The molecular weight excluding hydrogens is 376 g/mol. The number of anilines is 1. The third-order valence-corrected chi connectivity index (χ3v) is 3.66. The first-order valence-corrected chi connectivity index (χ1v) is 8.64. The quantitative estimate of drug-likeness (QED) is 0.422. The van der Waals surface area contributed by atoms with E-state index in [0.717, 1.165) is 0 Å². The summed E-state index contributed by atoms with van der Waals surface area (Å²) in [4.78, 5) is 35.5. The maximum Gasteiger partial charge on any atom is 0.308 e. The van der Waals surface area contributed by atoms with Gasteiger partial charge in [0.05, 0.1) is 19.9 Å². The number of hydrogen-bond donors (Lipinski definition) is 2. The molecule has 0 aromatic heterocycles. The van der Waals surface area contributed by atoms with E-state index in [0.29, 0.717) is 22.7 Å². The molecule has 2 amide bonds. The molecule has 0 saturated carbocycles. The van der Waals surface area contributed by atoms with E-state index in [1.54, 1.807) is 36.4 Å². The van der Waals surface area contributed by atoms with Crippen molar-refractivity contribution in [1.82, 2.24) is 5.32 Å². The third-order valence-electron chi connectivity index (χ3n) is 3.66. The minimum atomic E-state index is -0.535. The minimum Gasteiger partial charge on any atom is -0.495 e. The van der Waals surface area contributed by atoms with Gasteiger partial charge in [0.1, 0.15) is 11.4 Å². The van der Waals surface area contributed by atoms with E-state index in [4.69, 9.17) is 14.2 Å². The molecule has 0 radical (unpaired) electrons. The molecule has 2 rings (SSSR count). The summed E-state index contributed by atoms with van der Waals surface area (Å²) in [7, 11) is 2.92. The van der Waals surface area contributed by atoms with Crippen molar-refractivity contribution < 1.29 is 28.6 Å². The van der Waals surface area contributed by atoms with Gasteiger partial charge >= 0.3 is 5.97 Å². The maximum absolute atomic E-state index is 12.7. The number of benzene rings is 2. The monoisotopic (exact) mass is 398 g/mol. The van der Waals surface area contributed by atoms with Crippen LogP contribution in [0.1, 0.15) is 19.4 Å². The molecule has 0 spiro atoms. The van der Waals surface area contributed by atoms with Crippen LogP contribution >= 0.6 is 0 Å². The summed E-state index contributed by atoms with van der Waals surface area (Å²) in [5, 5.41) is 5.22. The minimum absolute atomic E-state index is 0.0192. The van der Waals surface area contributed by atoms with Crippen LogP contribution in [0.5, 0.6) is 17.2 Å². The lowest BCUT2D eigenvalue weighted by Crippen LogP contribution is -2.29. The Morgan fingerprint density at radius 3 is 2.21 bits per heavy atom. The van der Waals surface area contributed by atoms with Crippen LogP contribution in [0.4, 0.5) is 5.69 Å². The topological polar surface area (TPSA) is 103 Å². The number of esters is 1. The van der Waals surface area contributed by atoms with Crippen molar-refractivity contribution in [2.75, 3.05) is 19.5 Å². The lowest BCUT2D eigenvalue weighted by molar-refractivity contribution is -0.132. The van der Waals surface area contributed by atoms with E-state index >= 15 is 0 Å². The Balaban J connectivity index is 2.36. The Kier molecular flexibility index (Phi) is 7.36. The summed E-state index contributed by atoms with van der Waals surface area (Å²) in [6.07, 6.45) is 1.48. The standard InChI is InChI=1S/C21H22N2O6/c1-13(24)22-17(21(26)23-16-7-5-6-8-18(16)27-3)11-15-9-10-19(29-14(2)25)20(12-15)28-4/h5-12H,1-4H3,(H,22,24)(H,23,26)/b17-11+. The van der Waals surface area contributed by atoms with E-state index in [1.807, 2.05) is 0 Å². The molecule has 0 aliphatic rings. The average Bonchev–Trinajstić information content (AvgIpc) is 2.68. The van der Waals surface area contributed by atoms with Crippen LogP contribution in [-0.4, -0.2) is 32.0 Å². The second-order valence-corrected chi connectivity index (χ2v) is 5.90. The normalized spacial score (nSPS) is 10.7. The molecule has 2 aromatic rings. The summed E-state index contributed by atoms with van der Waals surface area (Å²) in [6, 6.07) is 11.6. The van der Waals surface area contributed by atoms with E-state index in [2.05, 4.69) is 10.6 Å². The SMILES string of the molecule is COc1ccccc1NC(=O)/C(=C\c1ccc(OC(C)=O)c(OC)c1)NC(C)=O. The van der Waals surface area contributed by atoms with Crippen molar-refractivity contribution in [1.29, 1.82) is 0 Å². The molecule has 2 aromatic carbocycles. The summed E-state index contributed by atoms with van der Waals surface area (Å²) >= 11 is 0. The smallest absolute Gasteiger partial charge is 0.308 e. The highest BCUT2D eigenvalue weighted by molar-refractivity contribution is 6.09. The molecule has 2 N–H and O–H groups in total. The van der Waals surface area contributed by atoms with Crippen molar-refractivity contribution in [2.24, 2.45) is 0 Å². The fraction of sp³-hybridized carbons (Fsp3) is 0.190. The highest BCUT2D eigenvalue weighted by Gasteiger charge is 2.15. The number of carbonyl (C=O) groups is 3. The average molecular weight is 398 g/mol. The number of nitrogens with one attached hydrogen (secondary N) is 2. The number of ether oxygens (including phenoxy) is 3. The van der Waals surface area contributed by atoms with E-state index < -0.39 is 17.8 Å². The Bertz CT molecular complexity index is 952. The molecule has 0 saturated heterocycles. The zero-order chi connectivity index (χ0) is 21.4. The number of methoxy groups -OCH3 is 2. The maximum atomic E-state index is 12.7. The highest BCUT2D eigenvalue weighted by atomic mass is 16.6. The van der Waals surface area contributed by atoms with Crippen LogP contribution in [0.25, 0.3) is 6.08 Å². The molecule has 0 atom stereocenters. The second-order valence-electron chi connectivity index (χ2n) is 5.90. The van der Waals surface area contributed by atoms with E-state index in [-0.39, 0.29) is 11.4 Å². The van der Waals surface area contributed by atoms with Crippen molar-refractivity contribution in [3.63, 3.8) is 0 Å². The lowest BCUT2D eigenvalue weighted by Gasteiger charge is -2.13. The first-order chi connectivity index (χ1) is 13.8. The first kappa shape index (κ1) is 21.5. The summed E-state index contributed by atoms with van der Waals surface area (Å²) < 4.78 is 15.5. The van der Waals surface area contributed by atoms with Crippen LogP contribution in [0, 0.1) is 0 Å². The van der Waals surface area contributed by atoms with Crippen molar-refractivity contribution in [3.05, 3.63) is 53.7 Å². The van der Waals surface area contributed by atoms with Crippen LogP contribution in [-0.2, 0) is 14.4 Å². The van der Waals surface area contributed by atoms with Gasteiger partial charge in [-0.15, -0.1) is 0 Å². The van der Waals surface area contributed by atoms with Crippen LogP contribution in [0.2, 0.25) is 0 Å². The van der Waals surface area contributed by atoms with Crippen molar-refractivity contribution in [2.45, 2.75) is 13.8 Å². The first-order valence-electron chi connectivity index (χ1n) is 8.64. The summed E-state index contributed by atoms with van der Waals surface area (Å²) in [6.45, 7) is 2.58. The molecule has 8 nitrogen and oxygen atoms in total. The molecule has 0 bridgehead atoms. The van der Waals surface area contributed by atoms with Crippen LogP contribution in [0.15, 0.2) is 48.2 Å². The molecule has 29 heavy (non-hydrogen) atoms. The Morgan fingerprint density at radius 1 is 0.897 bits per heavy atom. The Hall–Kier alpha value is -3.81. The fourth-order valence-corrected chi connectivity index (χ4v) is 2.47. The molecule has 8 heteroatoms. The number of hydrogen-bond acceptors (Lipinski definition) is 6. The number of carbonyl (C=O) groups excluding carboxylic acids is 3. The summed E-state index contributed by atoms with van der Waals surface area (Å²) in [5.74, 6) is -0.391. The van der Waals surface area contributed by atoms with E-state index in [1.165, 1.54) is 40.2 Å². The van der Waals surface area contributed by atoms with Gasteiger partial charge in [-0.25, -0.2) is 0 Å². The number of amides is 2. The van der Waals surface area contributed by atoms with Gasteiger partial charge < -0.3 is 24.8 Å². The summed E-state index contributed by atoms with van der Waals surface area (Å²) in [5.41, 5.74) is 1.03. The molecule has 0 aliphatic heterocycles. The molecule has 0 heterocycles. The lowest BCUT2D eigenvalue weighted by atomic mass is 10.1. The molecule has 0 unspecified atom stereocenters. The van der Waals surface area contributed by atoms with Crippen molar-refractivity contribution >= 4 is 29.5 Å². The zero-order valence-corrected chi connectivity index (χ0v) is 16.6. The van der Waals surface area contributed by atoms with Crippen LogP contribution < -0.4 is 24.8 Å². The Morgan fingerprint density at radius 2 is 1.59 bits per heavy atom. The predicted molar refractivity (Wildman–Crippen MR) is 108 cm³/mol. The number of para-hydroxylation sites is 2. The van der Waals surface area contributed by atoms with Gasteiger partial charge in [0.15, 0.2) is 11.5 Å². The molecule has 0 fully saturated rings. The largest absolute Gasteiger partial charge is 0.495 e. The third kappa shape index (κ3) is 6.10. The van der Waals surface area contributed by atoms with Gasteiger partial charge in [0.25, 0.3) is 5.91 Å². The van der Waals surface area contributed by atoms with Crippen LogP contribution in [0.3, 0.4) is 0 Å². The van der Waals surface area contributed by atoms with Gasteiger partial charge in [-0.2, -0.15) is 0 Å². The van der Waals surface area contributed by atoms with Gasteiger partial charge in [-0.1, -0.05) is 18.2 Å². The molecule has 152 valence electrons. The Labute approximate surface area is 168 Å². The second kappa shape index (κ2) is 9.93. The van der Waals surface area contributed by atoms with Gasteiger partial charge in [-0.05, 0) is 35.9 Å². The van der Waals surface area contributed by atoms with Gasteiger partial charge in [-0.3, -0.25) is 14.4 Å². The van der Waals surface area contributed by atoms with Gasteiger partial charge in [0, 0.05) is 13.8 Å². The molecule has 0 aliphatic carbocycles. The predicted octanol–water partition coefficient (Wildman–Crippen LogP) is 2.74. The number of rotatable bonds is 7.